The van der Waals surface area contributed by atoms with Gasteiger partial charge in [0.2, 0.25) is 5.76 Å². The second kappa shape index (κ2) is 6.23. The molecule has 0 spiro atoms. The molecule has 0 atom stereocenters. The number of likely N-dealkylation sites (N-methyl/N-ethyl adjacent to an activating group) is 1. The van der Waals surface area contributed by atoms with Gasteiger partial charge in [-0.1, -0.05) is 22.9 Å². The molecule has 0 aliphatic rings. The summed E-state index contributed by atoms with van der Waals surface area (Å²) >= 11 is 0. The molecule has 2 rings (SSSR count). The molecule has 0 saturated heterocycles. The number of amides is 1. The van der Waals surface area contributed by atoms with Crippen molar-refractivity contribution in [3.8, 4) is 5.75 Å². The summed E-state index contributed by atoms with van der Waals surface area (Å²) < 4.78 is 10.5. The highest BCUT2D eigenvalue weighted by molar-refractivity contribution is 5.91. The van der Waals surface area contributed by atoms with E-state index in [0.29, 0.717) is 18.8 Å². The predicted octanol–water partition coefficient (Wildman–Crippen LogP) is 2.44. The van der Waals surface area contributed by atoms with Gasteiger partial charge in [-0.15, -0.1) is 0 Å². The Morgan fingerprint density at radius 1 is 1.30 bits per heavy atom. The maximum Gasteiger partial charge on any atom is 0.292 e. The highest BCUT2D eigenvalue weighted by Gasteiger charge is 2.16. The number of ether oxygens (including phenoxy) is 1. The monoisotopic (exact) mass is 274 g/mol. The Labute approximate surface area is 118 Å². The molecule has 1 heterocycles. The summed E-state index contributed by atoms with van der Waals surface area (Å²) in [5.41, 5.74) is 1.88. The van der Waals surface area contributed by atoms with Crippen molar-refractivity contribution in [2.24, 2.45) is 0 Å². The quantitative estimate of drug-likeness (QED) is 0.840. The molecule has 5 nitrogen and oxygen atoms in total. The molecule has 0 saturated carbocycles. The molecule has 0 fully saturated rings. The van der Waals surface area contributed by atoms with E-state index < -0.39 is 0 Å². The minimum Gasteiger partial charge on any atom is -0.492 e. The van der Waals surface area contributed by atoms with Crippen molar-refractivity contribution in [3.05, 3.63) is 47.3 Å². The number of nitrogens with zero attached hydrogens (tertiary/aromatic N) is 2. The maximum absolute atomic E-state index is 12.0. The average Bonchev–Trinajstić information content (AvgIpc) is 2.86. The van der Waals surface area contributed by atoms with E-state index >= 15 is 0 Å². The van der Waals surface area contributed by atoms with Crippen molar-refractivity contribution >= 4 is 5.91 Å². The second-order valence-electron chi connectivity index (χ2n) is 4.72. The number of carbonyl (C=O) groups is 1. The zero-order valence-corrected chi connectivity index (χ0v) is 11.9. The van der Waals surface area contributed by atoms with E-state index in [0.717, 1.165) is 5.75 Å². The van der Waals surface area contributed by atoms with E-state index in [2.05, 4.69) is 5.16 Å². The molecule has 0 aliphatic heterocycles. The molecule has 0 N–H and O–H groups in total. The fourth-order valence-corrected chi connectivity index (χ4v) is 1.69. The molecule has 5 heteroatoms. The number of hydrogen-bond donors (Lipinski definition) is 0. The van der Waals surface area contributed by atoms with Crippen molar-refractivity contribution in [3.63, 3.8) is 0 Å². The van der Waals surface area contributed by atoms with Crippen molar-refractivity contribution in [1.82, 2.24) is 10.1 Å². The van der Waals surface area contributed by atoms with E-state index in [1.54, 1.807) is 24.9 Å². The summed E-state index contributed by atoms with van der Waals surface area (Å²) in [5.74, 6) is 0.852. The van der Waals surface area contributed by atoms with E-state index in [4.69, 9.17) is 9.26 Å². The number of rotatable bonds is 5. The van der Waals surface area contributed by atoms with Crippen LogP contribution < -0.4 is 4.74 Å². The first-order valence-electron chi connectivity index (χ1n) is 6.44. The molecule has 0 radical (unpaired) electrons. The number of aryl methyl sites for hydroxylation is 2. The third kappa shape index (κ3) is 3.60. The van der Waals surface area contributed by atoms with Crippen LogP contribution in [-0.4, -0.2) is 36.2 Å². The van der Waals surface area contributed by atoms with Crippen LogP contribution in [0.25, 0.3) is 0 Å². The van der Waals surface area contributed by atoms with Crippen LogP contribution in [0.15, 0.2) is 34.9 Å². The third-order valence-electron chi connectivity index (χ3n) is 2.90. The van der Waals surface area contributed by atoms with Gasteiger partial charge in [0.25, 0.3) is 5.91 Å². The molecule has 0 aliphatic carbocycles. The van der Waals surface area contributed by atoms with Crippen LogP contribution in [0.3, 0.4) is 0 Å². The van der Waals surface area contributed by atoms with Crippen molar-refractivity contribution < 1.29 is 14.1 Å². The largest absolute Gasteiger partial charge is 0.492 e. The Hall–Kier alpha value is -2.30. The molecule has 106 valence electrons. The maximum atomic E-state index is 12.0. The Kier molecular flexibility index (Phi) is 4.40. The molecule has 1 aromatic heterocycles. The van der Waals surface area contributed by atoms with Gasteiger partial charge in [-0.25, -0.2) is 0 Å². The van der Waals surface area contributed by atoms with Crippen LogP contribution in [0, 0.1) is 13.8 Å². The number of aromatic nitrogens is 1. The lowest BCUT2D eigenvalue weighted by Gasteiger charge is -2.15. The summed E-state index contributed by atoms with van der Waals surface area (Å²) in [6.45, 7) is 4.71. The Bertz CT molecular complexity index is 575. The Morgan fingerprint density at radius 3 is 2.60 bits per heavy atom. The van der Waals surface area contributed by atoms with Crippen molar-refractivity contribution in [2.75, 3.05) is 20.2 Å². The van der Waals surface area contributed by atoms with Gasteiger partial charge in [0.15, 0.2) is 0 Å². The van der Waals surface area contributed by atoms with Gasteiger partial charge in [0.1, 0.15) is 12.4 Å². The van der Waals surface area contributed by atoms with Gasteiger partial charge in [0.05, 0.1) is 12.2 Å². The Balaban J connectivity index is 1.81. The average molecular weight is 274 g/mol. The normalized spacial score (nSPS) is 10.3. The van der Waals surface area contributed by atoms with Gasteiger partial charge in [-0.05, 0) is 26.0 Å². The number of benzene rings is 1. The lowest BCUT2D eigenvalue weighted by molar-refractivity contribution is 0.0732. The summed E-state index contributed by atoms with van der Waals surface area (Å²) in [5, 5.41) is 3.70. The highest BCUT2D eigenvalue weighted by Crippen LogP contribution is 2.11. The molecule has 1 aromatic carbocycles. The summed E-state index contributed by atoms with van der Waals surface area (Å²) in [7, 11) is 1.71. The molecular formula is C15H18N2O3. The fraction of sp³-hybridized carbons (Fsp3) is 0.333. The van der Waals surface area contributed by atoms with E-state index in [9.17, 15) is 4.79 Å². The smallest absolute Gasteiger partial charge is 0.292 e. The lowest BCUT2D eigenvalue weighted by atomic mass is 10.2. The number of hydrogen-bond acceptors (Lipinski definition) is 4. The number of carbonyl (C=O) groups excluding carboxylic acids is 1. The van der Waals surface area contributed by atoms with Gasteiger partial charge in [-0.3, -0.25) is 4.79 Å². The van der Waals surface area contributed by atoms with Crippen LogP contribution in [0.2, 0.25) is 0 Å². The Morgan fingerprint density at radius 2 is 2.00 bits per heavy atom. The predicted molar refractivity (Wildman–Crippen MR) is 74.9 cm³/mol. The summed E-state index contributed by atoms with van der Waals surface area (Å²) in [6.07, 6.45) is 0. The second-order valence-corrected chi connectivity index (χ2v) is 4.72. The van der Waals surface area contributed by atoms with Crippen LogP contribution in [0.5, 0.6) is 5.75 Å². The molecule has 0 unspecified atom stereocenters. The fourth-order valence-electron chi connectivity index (χ4n) is 1.69. The van der Waals surface area contributed by atoms with E-state index in [1.807, 2.05) is 31.2 Å². The van der Waals surface area contributed by atoms with Gasteiger partial charge in [0, 0.05) is 13.1 Å². The summed E-state index contributed by atoms with van der Waals surface area (Å²) in [6, 6.07) is 9.43. The first kappa shape index (κ1) is 14.1. The standard InChI is InChI=1S/C15H18N2O3/c1-11-4-6-13(7-5-11)19-9-8-17(3)15(18)14-10-12(2)16-20-14/h4-7,10H,8-9H2,1-3H3. The first-order valence-corrected chi connectivity index (χ1v) is 6.44. The topological polar surface area (TPSA) is 55.6 Å². The van der Waals surface area contributed by atoms with Crippen LogP contribution in [0.4, 0.5) is 0 Å². The van der Waals surface area contributed by atoms with Gasteiger partial charge in [-0.2, -0.15) is 0 Å². The first-order chi connectivity index (χ1) is 9.56. The molecule has 20 heavy (non-hydrogen) atoms. The molecule has 0 bridgehead atoms. The minimum absolute atomic E-state index is 0.196. The summed E-state index contributed by atoms with van der Waals surface area (Å²) in [4.78, 5) is 13.5. The molecule has 1 amide bonds. The van der Waals surface area contributed by atoms with Crippen molar-refractivity contribution in [2.45, 2.75) is 13.8 Å². The van der Waals surface area contributed by atoms with Crippen molar-refractivity contribution in [1.29, 1.82) is 0 Å². The lowest BCUT2D eigenvalue weighted by Crippen LogP contribution is -2.30. The highest BCUT2D eigenvalue weighted by atomic mass is 16.5. The van der Waals surface area contributed by atoms with Crippen LogP contribution in [-0.2, 0) is 0 Å². The van der Waals surface area contributed by atoms with Gasteiger partial charge < -0.3 is 14.2 Å². The zero-order chi connectivity index (χ0) is 14.5. The minimum atomic E-state index is -0.196. The zero-order valence-electron chi connectivity index (χ0n) is 11.9. The van der Waals surface area contributed by atoms with E-state index in [1.165, 1.54) is 5.56 Å². The van der Waals surface area contributed by atoms with Gasteiger partial charge >= 0.3 is 0 Å². The molecule has 2 aromatic rings. The van der Waals surface area contributed by atoms with E-state index in [-0.39, 0.29) is 11.7 Å². The van der Waals surface area contributed by atoms with Crippen LogP contribution in [0.1, 0.15) is 21.8 Å². The molecular weight excluding hydrogens is 256 g/mol. The third-order valence-corrected chi connectivity index (χ3v) is 2.90. The van der Waals surface area contributed by atoms with Crippen LogP contribution >= 0.6 is 0 Å². The SMILES string of the molecule is Cc1ccc(OCCN(C)C(=O)c2cc(C)no2)cc1.